The number of nitrogens with one attached hydrogen (secondary N) is 1. The maximum Gasteiger partial charge on any atom is 0.309 e. The summed E-state index contributed by atoms with van der Waals surface area (Å²) in [6, 6.07) is 1.79. The molecule has 0 aromatic carbocycles. The first kappa shape index (κ1) is 15.8. The Balaban J connectivity index is 1.35. The molecule has 9 heteroatoms. The van der Waals surface area contributed by atoms with Crippen molar-refractivity contribution in [2.45, 2.75) is 50.2 Å². The van der Waals surface area contributed by atoms with E-state index in [1.807, 2.05) is 0 Å². The van der Waals surface area contributed by atoms with Crippen LogP contribution in [-0.4, -0.2) is 46.4 Å². The summed E-state index contributed by atoms with van der Waals surface area (Å²) >= 11 is 0. The SMILES string of the molecule is N=c1ccn2c(n1)OC1C(OC(=O)C3CC3)C(COC(=O)C3CC3)OC12. The van der Waals surface area contributed by atoms with Crippen LogP contribution in [0.1, 0.15) is 31.9 Å². The largest absolute Gasteiger partial charge is 0.463 e. The second-order valence-electron chi connectivity index (χ2n) is 7.23. The van der Waals surface area contributed by atoms with Crippen LogP contribution in [0.4, 0.5) is 0 Å². The molecule has 5 rings (SSSR count). The van der Waals surface area contributed by atoms with Gasteiger partial charge in [-0.1, -0.05) is 0 Å². The number of hydrogen-bond donors (Lipinski definition) is 1. The van der Waals surface area contributed by atoms with Crippen molar-refractivity contribution in [1.82, 2.24) is 9.55 Å². The lowest BCUT2D eigenvalue weighted by Crippen LogP contribution is -2.40. The van der Waals surface area contributed by atoms with Crippen LogP contribution >= 0.6 is 0 Å². The monoisotopic (exact) mass is 361 g/mol. The topological polar surface area (TPSA) is 113 Å². The second kappa shape index (κ2) is 5.80. The van der Waals surface area contributed by atoms with Crippen LogP contribution in [0.15, 0.2) is 12.3 Å². The minimum Gasteiger partial charge on any atom is -0.463 e. The zero-order valence-electron chi connectivity index (χ0n) is 14.0. The van der Waals surface area contributed by atoms with Crippen LogP contribution in [0.3, 0.4) is 0 Å². The van der Waals surface area contributed by atoms with E-state index in [0.29, 0.717) is 0 Å². The number of fused-ring (bicyclic) bond motifs is 3. The van der Waals surface area contributed by atoms with E-state index in [-0.39, 0.29) is 41.9 Å². The summed E-state index contributed by atoms with van der Waals surface area (Å²) in [5.41, 5.74) is 0.0812. The molecule has 1 aromatic rings. The van der Waals surface area contributed by atoms with Crippen LogP contribution in [-0.2, 0) is 23.8 Å². The van der Waals surface area contributed by atoms with Gasteiger partial charge in [0.05, 0.1) is 11.8 Å². The molecular weight excluding hydrogens is 342 g/mol. The zero-order chi connectivity index (χ0) is 17.8. The number of ether oxygens (including phenoxy) is 4. The third-order valence-electron chi connectivity index (χ3n) is 5.09. The van der Waals surface area contributed by atoms with Crippen molar-refractivity contribution in [2.24, 2.45) is 11.8 Å². The normalized spacial score (nSPS) is 31.7. The van der Waals surface area contributed by atoms with E-state index in [1.54, 1.807) is 10.8 Å². The summed E-state index contributed by atoms with van der Waals surface area (Å²) in [7, 11) is 0. The molecule has 2 aliphatic heterocycles. The minimum absolute atomic E-state index is 0.00519. The Labute approximate surface area is 148 Å². The highest BCUT2D eigenvalue weighted by molar-refractivity contribution is 5.75. The summed E-state index contributed by atoms with van der Waals surface area (Å²) in [6.45, 7) is 0.0220. The van der Waals surface area contributed by atoms with Gasteiger partial charge in [-0.3, -0.25) is 19.6 Å². The fraction of sp³-hybridized carbons (Fsp3) is 0.647. The van der Waals surface area contributed by atoms with Gasteiger partial charge in [-0.15, -0.1) is 0 Å². The Bertz CT molecular complexity index is 815. The molecule has 26 heavy (non-hydrogen) atoms. The Morgan fingerprint density at radius 3 is 2.69 bits per heavy atom. The van der Waals surface area contributed by atoms with Gasteiger partial charge in [0, 0.05) is 6.20 Å². The van der Waals surface area contributed by atoms with Crippen LogP contribution in [0.25, 0.3) is 0 Å². The van der Waals surface area contributed by atoms with Crippen molar-refractivity contribution in [3.8, 4) is 6.01 Å². The molecule has 138 valence electrons. The molecule has 4 atom stereocenters. The van der Waals surface area contributed by atoms with Gasteiger partial charge in [-0.25, -0.2) is 0 Å². The standard InChI is InChI=1S/C17H19N3O6/c18-11-5-6-20-14-13(26-17(20)19-11)12(25-16(22)9-3-4-9)10(24-14)7-23-15(21)8-1-2-8/h5-6,8-10,12-14,18H,1-4,7H2. The quantitative estimate of drug-likeness (QED) is 0.750. The average molecular weight is 361 g/mol. The second-order valence-corrected chi connectivity index (χ2v) is 7.23. The van der Waals surface area contributed by atoms with Crippen molar-refractivity contribution in [1.29, 1.82) is 5.41 Å². The van der Waals surface area contributed by atoms with Crippen LogP contribution in [0.5, 0.6) is 6.01 Å². The highest BCUT2D eigenvalue weighted by Crippen LogP contribution is 2.42. The van der Waals surface area contributed by atoms with Crippen molar-refractivity contribution in [2.75, 3.05) is 6.61 Å². The van der Waals surface area contributed by atoms with Crippen molar-refractivity contribution in [3.05, 3.63) is 17.8 Å². The lowest BCUT2D eigenvalue weighted by Gasteiger charge is -2.22. The van der Waals surface area contributed by atoms with Crippen LogP contribution in [0.2, 0.25) is 0 Å². The summed E-state index contributed by atoms with van der Waals surface area (Å²) in [6.07, 6.45) is 2.68. The Morgan fingerprint density at radius 2 is 1.96 bits per heavy atom. The highest BCUT2D eigenvalue weighted by Gasteiger charge is 2.55. The van der Waals surface area contributed by atoms with Gasteiger partial charge >= 0.3 is 17.9 Å². The number of carbonyl (C=O) groups is 2. The van der Waals surface area contributed by atoms with Gasteiger partial charge < -0.3 is 18.9 Å². The van der Waals surface area contributed by atoms with E-state index in [9.17, 15) is 9.59 Å². The first-order valence-corrected chi connectivity index (χ1v) is 8.93. The Morgan fingerprint density at radius 1 is 1.23 bits per heavy atom. The molecule has 1 N–H and O–H groups in total. The molecule has 0 radical (unpaired) electrons. The molecule has 1 saturated heterocycles. The maximum atomic E-state index is 12.2. The Hall–Kier alpha value is -2.42. The number of carbonyl (C=O) groups excluding carboxylic acids is 2. The van der Waals surface area contributed by atoms with Crippen molar-refractivity contribution >= 4 is 11.9 Å². The van der Waals surface area contributed by atoms with Crippen molar-refractivity contribution in [3.63, 3.8) is 0 Å². The smallest absolute Gasteiger partial charge is 0.309 e. The molecule has 2 saturated carbocycles. The van der Waals surface area contributed by atoms with E-state index in [1.165, 1.54) is 6.07 Å². The van der Waals surface area contributed by atoms with Gasteiger partial charge in [0.2, 0.25) is 0 Å². The van der Waals surface area contributed by atoms with Crippen LogP contribution < -0.4 is 10.2 Å². The van der Waals surface area contributed by atoms with Gasteiger partial charge in [0.15, 0.2) is 23.9 Å². The van der Waals surface area contributed by atoms with E-state index < -0.39 is 24.5 Å². The molecule has 3 heterocycles. The molecule has 4 aliphatic rings. The predicted octanol–water partition coefficient (Wildman–Crippen LogP) is 0.296. The lowest BCUT2D eigenvalue weighted by atomic mass is 10.1. The average Bonchev–Trinajstić information content (AvgIpc) is 3.52. The number of rotatable bonds is 5. The van der Waals surface area contributed by atoms with Gasteiger partial charge in [0.1, 0.15) is 12.7 Å². The predicted molar refractivity (Wildman–Crippen MR) is 82.7 cm³/mol. The van der Waals surface area contributed by atoms with Gasteiger partial charge in [0.25, 0.3) is 0 Å². The Kier molecular flexibility index (Phi) is 3.53. The summed E-state index contributed by atoms with van der Waals surface area (Å²) < 4.78 is 24.5. The van der Waals surface area contributed by atoms with E-state index in [0.717, 1.165) is 25.7 Å². The third kappa shape index (κ3) is 2.76. The van der Waals surface area contributed by atoms with Crippen LogP contribution in [0, 0.1) is 17.2 Å². The first-order valence-electron chi connectivity index (χ1n) is 8.93. The number of aromatic nitrogens is 2. The number of esters is 2. The van der Waals surface area contributed by atoms with E-state index in [2.05, 4.69) is 4.98 Å². The number of hydrogen-bond acceptors (Lipinski definition) is 8. The van der Waals surface area contributed by atoms with Crippen molar-refractivity contribution < 1.29 is 28.5 Å². The zero-order valence-corrected chi connectivity index (χ0v) is 14.0. The molecule has 4 unspecified atom stereocenters. The molecule has 3 fully saturated rings. The lowest BCUT2D eigenvalue weighted by molar-refractivity contribution is -0.162. The maximum absolute atomic E-state index is 12.2. The highest BCUT2D eigenvalue weighted by atomic mass is 16.7. The minimum atomic E-state index is -0.684. The molecule has 2 aliphatic carbocycles. The molecule has 0 spiro atoms. The first-order chi connectivity index (χ1) is 12.6. The van der Waals surface area contributed by atoms with Gasteiger partial charge in [-0.2, -0.15) is 4.98 Å². The van der Waals surface area contributed by atoms with E-state index in [4.69, 9.17) is 24.4 Å². The molecule has 9 nitrogen and oxygen atoms in total. The fourth-order valence-corrected chi connectivity index (χ4v) is 3.30. The molecule has 0 bridgehead atoms. The summed E-state index contributed by atoms with van der Waals surface area (Å²) in [5, 5.41) is 7.61. The fourth-order valence-electron chi connectivity index (χ4n) is 3.30. The van der Waals surface area contributed by atoms with E-state index >= 15 is 0 Å². The number of nitrogens with zero attached hydrogens (tertiary/aromatic N) is 2. The summed E-state index contributed by atoms with van der Waals surface area (Å²) in [5.74, 6) is -0.559. The van der Waals surface area contributed by atoms with Gasteiger partial charge in [-0.05, 0) is 31.7 Å². The molecular formula is C17H19N3O6. The third-order valence-corrected chi connectivity index (χ3v) is 5.09. The molecule has 0 amide bonds. The molecule has 1 aromatic heterocycles. The summed E-state index contributed by atoms with van der Waals surface area (Å²) in [4.78, 5) is 28.1.